The number of unbranched alkanes of at least 4 members (excludes halogenated alkanes) is 1. The minimum Gasteiger partial charge on any atom is -0.494 e. The molecule has 1 aromatic heterocycles. The minimum absolute atomic E-state index is 0.0982. The summed E-state index contributed by atoms with van der Waals surface area (Å²) in [7, 11) is 1.67. The SMILES string of the molecule is CCCCn1c(C(C)Cl)nc2c(OC)cccc21. The van der Waals surface area contributed by atoms with Crippen LogP contribution in [0.1, 0.15) is 37.9 Å². The Balaban J connectivity index is 2.59. The predicted molar refractivity (Wildman–Crippen MR) is 75.5 cm³/mol. The van der Waals surface area contributed by atoms with Crippen molar-refractivity contribution in [2.45, 2.75) is 38.6 Å². The van der Waals surface area contributed by atoms with E-state index >= 15 is 0 Å². The first-order chi connectivity index (χ1) is 8.69. The highest BCUT2D eigenvalue weighted by Gasteiger charge is 2.16. The highest BCUT2D eigenvalue weighted by atomic mass is 35.5. The summed E-state index contributed by atoms with van der Waals surface area (Å²) in [6.45, 7) is 5.09. The molecule has 0 amide bonds. The Labute approximate surface area is 113 Å². The molecule has 4 heteroatoms. The summed E-state index contributed by atoms with van der Waals surface area (Å²) in [5, 5.41) is -0.0982. The maximum absolute atomic E-state index is 6.23. The van der Waals surface area contributed by atoms with Gasteiger partial charge >= 0.3 is 0 Å². The molecule has 2 rings (SSSR count). The van der Waals surface area contributed by atoms with Crippen molar-refractivity contribution in [3.8, 4) is 5.75 Å². The van der Waals surface area contributed by atoms with E-state index in [1.54, 1.807) is 7.11 Å². The van der Waals surface area contributed by atoms with E-state index in [2.05, 4.69) is 22.5 Å². The number of imidazole rings is 1. The number of benzene rings is 1. The number of nitrogens with zero attached hydrogens (tertiary/aromatic N) is 2. The summed E-state index contributed by atoms with van der Waals surface area (Å²) in [5.74, 6) is 1.73. The first-order valence-electron chi connectivity index (χ1n) is 6.36. The van der Waals surface area contributed by atoms with Gasteiger partial charge in [0.05, 0.1) is 18.0 Å². The predicted octanol–water partition coefficient (Wildman–Crippen LogP) is 4.14. The van der Waals surface area contributed by atoms with Crippen molar-refractivity contribution in [2.75, 3.05) is 7.11 Å². The summed E-state index contributed by atoms with van der Waals surface area (Å²) in [6.07, 6.45) is 2.28. The van der Waals surface area contributed by atoms with Crippen LogP contribution in [0.25, 0.3) is 11.0 Å². The van der Waals surface area contributed by atoms with Gasteiger partial charge in [0, 0.05) is 6.54 Å². The summed E-state index contributed by atoms with van der Waals surface area (Å²) in [5.41, 5.74) is 2.00. The summed E-state index contributed by atoms with van der Waals surface area (Å²) >= 11 is 6.23. The standard InChI is InChI=1S/C14H19ClN2O/c1-4-5-9-17-11-7-6-8-12(18-3)13(11)16-14(17)10(2)15/h6-8,10H,4-5,9H2,1-3H3. The van der Waals surface area contributed by atoms with Crippen molar-refractivity contribution in [3.05, 3.63) is 24.0 Å². The van der Waals surface area contributed by atoms with Crippen LogP contribution in [0, 0.1) is 0 Å². The van der Waals surface area contributed by atoms with E-state index in [9.17, 15) is 0 Å². The van der Waals surface area contributed by atoms with Gasteiger partial charge in [0.2, 0.25) is 0 Å². The van der Waals surface area contributed by atoms with Crippen LogP contribution in [0.15, 0.2) is 18.2 Å². The number of halogens is 1. The maximum Gasteiger partial charge on any atom is 0.146 e. The lowest BCUT2D eigenvalue weighted by molar-refractivity contribution is 0.419. The van der Waals surface area contributed by atoms with Gasteiger partial charge in [-0.1, -0.05) is 19.4 Å². The average Bonchev–Trinajstić information content (AvgIpc) is 2.75. The minimum atomic E-state index is -0.0982. The third-order valence-electron chi connectivity index (χ3n) is 3.08. The molecule has 0 N–H and O–H groups in total. The van der Waals surface area contributed by atoms with Gasteiger partial charge in [0.25, 0.3) is 0 Å². The fraction of sp³-hybridized carbons (Fsp3) is 0.500. The third kappa shape index (κ3) is 2.32. The molecule has 0 radical (unpaired) electrons. The molecule has 1 heterocycles. The van der Waals surface area contributed by atoms with Crippen LogP contribution in [0.5, 0.6) is 5.75 Å². The third-order valence-corrected chi connectivity index (χ3v) is 3.28. The topological polar surface area (TPSA) is 27.1 Å². The van der Waals surface area contributed by atoms with Crippen molar-refractivity contribution in [1.82, 2.24) is 9.55 Å². The van der Waals surface area contributed by atoms with Gasteiger partial charge in [-0.25, -0.2) is 4.98 Å². The van der Waals surface area contributed by atoms with Gasteiger partial charge < -0.3 is 9.30 Å². The van der Waals surface area contributed by atoms with Crippen molar-refractivity contribution in [2.24, 2.45) is 0 Å². The van der Waals surface area contributed by atoms with Gasteiger partial charge in [-0.05, 0) is 25.5 Å². The highest BCUT2D eigenvalue weighted by Crippen LogP contribution is 2.30. The van der Waals surface area contributed by atoms with E-state index in [1.165, 1.54) is 0 Å². The number of aromatic nitrogens is 2. The molecule has 0 bridgehead atoms. The van der Waals surface area contributed by atoms with E-state index in [-0.39, 0.29) is 5.38 Å². The van der Waals surface area contributed by atoms with Crippen molar-refractivity contribution in [1.29, 1.82) is 0 Å². The van der Waals surface area contributed by atoms with Crippen LogP contribution in [-0.2, 0) is 6.54 Å². The lowest BCUT2D eigenvalue weighted by Gasteiger charge is -2.09. The Morgan fingerprint density at radius 2 is 2.22 bits per heavy atom. The fourth-order valence-corrected chi connectivity index (χ4v) is 2.33. The maximum atomic E-state index is 6.23. The summed E-state index contributed by atoms with van der Waals surface area (Å²) in [6, 6.07) is 6.00. The first-order valence-corrected chi connectivity index (χ1v) is 6.79. The van der Waals surface area contributed by atoms with Crippen LogP contribution in [0.2, 0.25) is 0 Å². The molecule has 1 aromatic carbocycles. The van der Waals surface area contributed by atoms with Gasteiger partial charge in [0.15, 0.2) is 0 Å². The molecule has 0 spiro atoms. The molecule has 18 heavy (non-hydrogen) atoms. The van der Waals surface area contributed by atoms with Crippen molar-refractivity contribution >= 4 is 22.6 Å². The molecular formula is C14H19ClN2O. The number of alkyl halides is 1. The van der Waals surface area contributed by atoms with E-state index in [4.69, 9.17) is 16.3 Å². The zero-order valence-electron chi connectivity index (χ0n) is 11.1. The largest absolute Gasteiger partial charge is 0.494 e. The van der Waals surface area contributed by atoms with Gasteiger partial charge in [-0.2, -0.15) is 0 Å². The molecule has 0 saturated heterocycles. The zero-order chi connectivity index (χ0) is 13.1. The van der Waals surface area contributed by atoms with Crippen LogP contribution in [0.3, 0.4) is 0 Å². The molecular weight excluding hydrogens is 248 g/mol. The Morgan fingerprint density at radius 3 is 2.83 bits per heavy atom. The second kappa shape index (κ2) is 5.61. The molecule has 3 nitrogen and oxygen atoms in total. The second-order valence-electron chi connectivity index (χ2n) is 4.42. The smallest absolute Gasteiger partial charge is 0.146 e. The number of fused-ring (bicyclic) bond motifs is 1. The molecule has 1 unspecified atom stereocenters. The number of hydrogen-bond acceptors (Lipinski definition) is 2. The Hall–Kier alpha value is -1.22. The number of aryl methyl sites for hydroxylation is 1. The van der Waals surface area contributed by atoms with Gasteiger partial charge in [0.1, 0.15) is 17.1 Å². The van der Waals surface area contributed by atoms with Crippen LogP contribution in [0.4, 0.5) is 0 Å². The Morgan fingerprint density at radius 1 is 1.44 bits per heavy atom. The number of hydrogen-bond donors (Lipinski definition) is 0. The lowest BCUT2D eigenvalue weighted by Crippen LogP contribution is -2.04. The molecule has 0 aliphatic carbocycles. The van der Waals surface area contributed by atoms with Crippen molar-refractivity contribution < 1.29 is 4.74 Å². The Bertz CT molecular complexity index is 534. The Kier molecular flexibility index (Phi) is 4.12. The van der Waals surface area contributed by atoms with Crippen LogP contribution >= 0.6 is 11.6 Å². The average molecular weight is 267 g/mol. The van der Waals surface area contributed by atoms with Gasteiger partial charge in [-0.3, -0.25) is 0 Å². The monoisotopic (exact) mass is 266 g/mol. The molecule has 2 aromatic rings. The normalized spacial score (nSPS) is 12.9. The van der Waals surface area contributed by atoms with Crippen molar-refractivity contribution in [3.63, 3.8) is 0 Å². The highest BCUT2D eigenvalue weighted by molar-refractivity contribution is 6.20. The lowest BCUT2D eigenvalue weighted by atomic mass is 10.2. The summed E-state index contributed by atoms with van der Waals surface area (Å²) < 4.78 is 7.57. The van der Waals surface area contributed by atoms with Gasteiger partial charge in [-0.15, -0.1) is 11.6 Å². The van der Waals surface area contributed by atoms with E-state index in [1.807, 2.05) is 19.1 Å². The van der Waals surface area contributed by atoms with Crippen LogP contribution < -0.4 is 4.74 Å². The number of methoxy groups -OCH3 is 1. The molecule has 0 saturated carbocycles. The molecule has 98 valence electrons. The van der Waals surface area contributed by atoms with E-state index in [0.29, 0.717) is 0 Å². The molecule has 0 aliphatic rings. The fourth-order valence-electron chi connectivity index (χ4n) is 2.16. The number of para-hydroxylation sites is 1. The number of ether oxygens (including phenoxy) is 1. The van der Waals surface area contributed by atoms with Crippen LogP contribution in [-0.4, -0.2) is 16.7 Å². The molecule has 1 atom stereocenters. The van der Waals surface area contributed by atoms with E-state index in [0.717, 1.165) is 42.0 Å². The molecule has 0 aliphatic heterocycles. The second-order valence-corrected chi connectivity index (χ2v) is 5.07. The summed E-state index contributed by atoms with van der Waals surface area (Å²) in [4.78, 5) is 4.64. The zero-order valence-corrected chi connectivity index (χ0v) is 11.9. The quantitative estimate of drug-likeness (QED) is 0.761. The first kappa shape index (κ1) is 13.2. The molecule has 0 fully saturated rings. The number of rotatable bonds is 5. The van der Waals surface area contributed by atoms with E-state index < -0.39 is 0 Å².